The fraction of sp³-hybridized carbons (Fsp3) is 0.308. The normalized spacial score (nSPS) is 14.7. The monoisotopic (exact) mass is 262 g/mol. The summed E-state index contributed by atoms with van der Waals surface area (Å²) in [6, 6.07) is 6.33. The Balaban J connectivity index is 1.67. The van der Waals surface area contributed by atoms with Crippen LogP contribution in [0, 0.1) is 0 Å². The Morgan fingerprint density at radius 2 is 2.28 bits per heavy atom. The number of benzene rings is 1. The standard InChI is InChI=1S/C13H14N2O2S/c1-9(15-6-11-5-14-7-18-11)10-2-3-12-13(4-10)17-8-16-12/h2-5,7,9,15H,6,8H2,1H3. The van der Waals surface area contributed by atoms with E-state index in [-0.39, 0.29) is 6.04 Å². The van der Waals surface area contributed by atoms with Crippen LogP contribution in [-0.4, -0.2) is 11.8 Å². The number of thiazole rings is 1. The summed E-state index contributed by atoms with van der Waals surface area (Å²) < 4.78 is 10.7. The topological polar surface area (TPSA) is 43.4 Å². The minimum absolute atomic E-state index is 0.265. The molecule has 0 spiro atoms. The van der Waals surface area contributed by atoms with Gasteiger partial charge in [0.15, 0.2) is 11.5 Å². The van der Waals surface area contributed by atoms with E-state index < -0.39 is 0 Å². The summed E-state index contributed by atoms with van der Waals surface area (Å²) in [6.45, 7) is 3.29. The molecule has 0 fully saturated rings. The molecule has 0 saturated carbocycles. The van der Waals surface area contributed by atoms with Gasteiger partial charge in [-0.15, -0.1) is 11.3 Å². The first kappa shape index (κ1) is 11.5. The highest BCUT2D eigenvalue weighted by molar-refractivity contribution is 7.09. The van der Waals surface area contributed by atoms with Crippen molar-refractivity contribution in [1.82, 2.24) is 10.3 Å². The number of fused-ring (bicyclic) bond motifs is 1. The third-order valence-corrected chi connectivity index (χ3v) is 3.74. The summed E-state index contributed by atoms with van der Waals surface area (Å²) in [4.78, 5) is 5.30. The van der Waals surface area contributed by atoms with Crippen LogP contribution in [0.3, 0.4) is 0 Å². The van der Waals surface area contributed by atoms with Crippen molar-refractivity contribution in [3.63, 3.8) is 0 Å². The molecule has 0 amide bonds. The lowest BCUT2D eigenvalue weighted by atomic mass is 10.1. The van der Waals surface area contributed by atoms with Crippen molar-refractivity contribution in [3.05, 3.63) is 40.3 Å². The molecule has 5 heteroatoms. The van der Waals surface area contributed by atoms with Gasteiger partial charge in [-0.25, -0.2) is 0 Å². The number of nitrogens with one attached hydrogen (secondary N) is 1. The van der Waals surface area contributed by atoms with E-state index in [4.69, 9.17) is 9.47 Å². The molecule has 0 radical (unpaired) electrons. The van der Waals surface area contributed by atoms with E-state index in [1.54, 1.807) is 11.3 Å². The summed E-state index contributed by atoms with van der Waals surface area (Å²) in [7, 11) is 0. The molecule has 1 aliphatic rings. The predicted octanol–water partition coefficient (Wildman–Crippen LogP) is 2.72. The molecule has 4 nitrogen and oxygen atoms in total. The quantitative estimate of drug-likeness (QED) is 0.920. The SMILES string of the molecule is CC(NCc1cncs1)c1ccc2c(c1)OCO2. The minimum atomic E-state index is 0.265. The van der Waals surface area contributed by atoms with Gasteiger partial charge in [-0.05, 0) is 24.6 Å². The highest BCUT2D eigenvalue weighted by Crippen LogP contribution is 2.34. The summed E-state index contributed by atoms with van der Waals surface area (Å²) in [6.07, 6.45) is 1.89. The van der Waals surface area contributed by atoms with Crippen LogP contribution in [0.2, 0.25) is 0 Å². The molecule has 1 N–H and O–H groups in total. The van der Waals surface area contributed by atoms with Gasteiger partial charge in [0.2, 0.25) is 6.79 Å². The van der Waals surface area contributed by atoms with Crippen LogP contribution in [0.4, 0.5) is 0 Å². The maximum absolute atomic E-state index is 5.38. The van der Waals surface area contributed by atoms with E-state index in [0.29, 0.717) is 6.79 Å². The van der Waals surface area contributed by atoms with E-state index >= 15 is 0 Å². The van der Waals surface area contributed by atoms with E-state index in [9.17, 15) is 0 Å². The zero-order valence-corrected chi connectivity index (χ0v) is 10.9. The molecule has 3 rings (SSSR count). The number of nitrogens with zero attached hydrogens (tertiary/aromatic N) is 1. The van der Waals surface area contributed by atoms with Crippen molar-refractivity contribution in [3.8, 4) is 11.5 Å². The van der Waals surface area contributed by atoms with Gasteiger partial charge in [0.1, 0.15) is 0 Å². The van der Waals surface area contributed by atoms with Gasteiger partial charge >= 0.3 is 0 Å². The first-order valence-corrected chi connectivity index (χ1v) is 6.71. The van der Waals surface area contributed by atoms with Crippen LogP contribution < -0.4 is 14.8 Å². The van der Waals surface area contributed by atoms with Gasteiger partial charge in [-0.3, -0.25) is 4.98 Å². The minimum Gasteiger partial charge on any atom is -0.454 e. The second-order valence-corrected chi connectivity index (χ2v) is 5.15. The molecule has 0 saturated heterocycles. The number of rotatable bonds is 4. The van der Waals surface area contributed by atoms with E-state index in [1.165, 1.54) is 10.4 Å². The van der Waals surface area contributed by atoms with Crippen LogP contribution in [0.15, 0.2) is 29.9 Å². The molecule has 0 bridgehead atoms. The zero-order chi connectivity index (χ0) is 12.4. The summed E-state index contributed by atoms with van der Waals surface area (Å²) in [5, 5.41) is 3.47. The third-order valence-electron chi connectivity index (χ3n) is 2.96. The van der Waals surface area contributed by atoms with Crippen molar-refractivity contribution >= 4 is 11.3 Å². The van der Waals surface area contributed by atoms with Gasteiger partial charge in [0.25, 0.3) is 0 Å². The van der Waals surface area contributed by atoms with Crippen molar-refractivity contribution in [2.45, 2.75) is 19.5 Å². The molecule has 1 unspecified atom stereocenters. The molecule has 2 aromatic rings. The molecule has 1 atom stereocenters. The Labute approximate surface area is 110 Å². The summed E-state index contributed by atoms with van der Waals surface area (Å²) in [5.74, 6) is 1.66. The fourth-order valence-corrected chi connectivity index (χ4v) is 2.43. The smallest absolute Gasteiger partial charge is 0.231 e. The summed E-state index contributed by atoms with van der Waals surface area (Å²) in [5.41, 5.74) is 3.05. The van der Waals surface area contributed by atoms with Crippen LogP contribution in [0.1, 0.15) is 23.4 Å². The first-order valence-electron chi connectivity index (χ1n) is 5.83. The summed E-state index contributed by atoms with van der Waals surface area (Å²) >= 11 is 1.66. The van der Waals surface area contributed by atoms with E-state index in [2.05, 4.69) is 23.3 Å². The van der Waals surface area contributed by atoms with Crippen molar-refractivity contribution < 1.29 is 9.47 Å². The fourth-order valence-electron chi connectivity index (χ4n) is 1.88. The Kier molecular flexibility index (Phi) is 3.17. The molecule has 2 heterocycles. The first-order chi connectivity index (χ1) is 8.83. The maximum atomic E-state index is 5.38. The van der Waals surface area contributed by atoms with Crippen molar-refractivity contribution in [2.75, 3.05) is 6.79 Å². The van der Waals surface area contributed by atoms with Crippen LogP contribution in [0.5, 0.6) is 11.5 Å². The lowest BCUT2D eigenvalue weighted by molar-refractivity contribution is 0.174. The van der Waals surface area contributed by atoms with Crippen molar-refractivity contribution in [2.24, 2.45) is 0 Å². The molecule has 1 aliphatic heterocycles. The molecule has 1 aromatic heterocycles. The zero-order valence-electron chi connectivity index (χ0n) is 10.1. The second-order valence-electron chi connectivity index (χ2n) is 4.18. The van der Waals surface area contributed by atoms with Gasteiger partial charge in [-0.2, -0.15) is 0 Å². The van der Waals surface area contributed by atoms with Gasteiger partial charge in [0.05, 0.1) is 5.51 Å². The Bertz CT molecular complexity index is 528. The van der Waals surface area contributed by atoms with Crippen LogP contribution in [-0.2, 0) is 6.54 Å². The highest BCUT2D eigenvalue weighted by atomic mass is 32.1. The van der Waals surface area contributed by atoms with E-state index in [0.717, 1.165) is 18.0 Å². The van der Waals surface area contributed by atoms with Gasteiger partial charge in [0, 0.05) is 23.7 Å². The highest BCUT2D eigenvalue weighted by Gasteiger charge is 2.15. The van der Waals surface area contributed by atoms with E-state index in [1.807, 2.05) is 23.8 Å². The Morgan fingerprint density at radius 1 is 1.39 bits per heavy atom. The molecule has 18 heavy (non-hydrogen) atoms. The molecular weight excluding hydrogens is 248 g/mol. The Morgan fingerprint density at radius 3 is 3.11 bits per heavy atom. The van der Waals surface area contributed by atoms with Gasteiger partial charge < -0.3 is 14.8 Å². The number of ether oxygens (including phenoxy) is 2. The average molecular weight is 262 g/mol. The number of aromatic nitrogens is 1. The Hall–Kier alpha value is -1.59. The molecular formula is C13H14N2O2S. The largest absolute Gasteiger partial charge is 0.454 e. The van der Waals surface area contributed by atoms with Crippen LogP contribution in [0.25, 0.3) is 0 Å². The van der Waals surface area contributed by atoms with Crippen LogP contribution >= 0.6 is 11.3 Å². The molecule has 0 aliphatic carbocycles. The number of hydrogen-bond acceptors (Lipinski definition) is 5. The lowest BCUT2D eigenvalue weighted by Gasteiger charge is -2.13. The molecule has 94 valence electrons. The number of hydrogen-bond donors (Lipinski definition) is 1. The average Bonchev–Trinajstić information content (AvgIpc) is 3.05. The predicted molar refractivity (Wildman–Crippen MR) is 69.9 cm³/mol. The third kappa shape index (κ3) is 2.32. The lowest BCUT2D eigenvalue weighted by Crippen LogP contribution is -2.17. The molecule has 1 aromatic carbocycles. The second kappa shape index (κ2) is 4.96. The van der Waals surface area contributed by atoms with Gasteiger partial charge in [-0.1, -0.05) is 6.07 Å². The maximum Gasteiger partial charge on any atom is 0.231 e. The van der Waals surface area contributed by atoms with Crippen molar-refractivity contribution in [1.29, 1.82) is 0 Å².